The topological polar surface area (TPSA) is 86.1 Å². The number of methoxy groups -OCH3 is 1. The van der Waals surface area contributed by atoms with Crippen LogP contribution < -0.4 is 15.6 Å². The van der Waals surface area contributed by atoms with Crippen LogP contribution in [0.4, 0.5) is 5.13 Å². The highest BCUT2D eigenvalue weighted by atomic mass is 32.1. The first-order chi connectivity index (χ1) is 13.5. The molecule has 2 heterocycles. The lowest BCUT2D eigenvalue weighted by Gasteiger charge is -2.12. The van der Waals surface area contributed by atoms with Crippen molar-refractivity contribution >= 4 is 43.4 Å². The maximum Gasteiger partial charge on any atom is 0.278 e. The molecule has 1 amide bonds. The van der Waals surface area contributed by atoms with Crippen LogP contribution in [0.1, 0.15) is 30.4 Å². The Kier molecular flexibility index (Phi) is 4.56. The van der Waals surface area contributed by atoms with E-state index in [1.54, 1.807) is 31.4 Å². The van der Waals surface area contributed by atoms with Crippen LogP contribution in [0.15, 0.2) is 47.3 Å². The number of carbonyl (C=O) groups excluding carboxylic acids is 1. The molecule has 0 saturated heterocycles. The lowest BCUT2D eigenvalue weighted by molar-refractivity contribution is 0.102. The molecular weight excluding hydrogens is 376 g/mol. The number of amides is 1. The third-order valence-electron chi connectivity index (χ3n) is 4.35. The first-order valence-corrected chi connectivity index (χ1v) is 9.57. The molecule has 8 heteroatoms. The van der Waals surface area contributed by atoms with Crippen molar-refractivity contribution in [2.24, 2.45) is 0 Å². The van der Waals surface area contributed by atoms with Gasteiger partial charge in [-0.1, -0.05) is 29.5 Å². The lowest BCUT2D eigenvalue weighted by atomic mass is 10.1. The van der Waals surface area contributed by atoms with E-state index >= 15 is 0 Å². The summed E-state index contributed by atoms with van der Waals surface area (Å²) >= 11 is 1.35. The van der Waals surface area contributed by atoms with Crippen LogP contribution >= 0.6 is 11.3 Å². The van der Waals surface area contributed by atoms with Gasteiger partial charge in [-0.25, -0.2) is 9.67 Å². The summed E-state index contributed by atoms with van der Waals surface area (Å²) in [5.41, 5.74) is 0.751. The van der Waals surface area contributed by atoms with Crippen LogP contribution in [0, 0.1) is 0 Å². The van der Waals surface area contributed by atoms with Crippen LogP contribution in [0.2, 0.25) is 0 Å². The van der Waals surface area contributed by atoms with Gasteiger partial charge < -0.3 is 4.74 Å². The van der Waals surface area contributed by atoms with Crippen molar-refractivity contribution in [1.82, 2.24) is 14.8 Å². The number of ether oxygens (including phenoxy) is 1. The van der Waals surface area contributed by atoms with Gasteiger partial charge in [-0.3, -0.25) is 14.9 Å². The number of benzene rings is 2. The molecule has 2 aromatic carbocycles. The molecule has 4 aromatic rings. The fourth-order valence-corrected chi connectivity index (χ4v) is 3.86. The van der Waals surface area contributed by atoms with Gasteiger partial charge in [0.25, 0.3) is 11.5 Å². The molecule has 7 nitrogen and oxygen atoms in total. The van der Waals surface area contributed by atoms with Gasteiger partial charge in [0.2, 0.25) is 0 Å². The highest BCUT2D eigenvalue weighted by Crippen LogP contribution is 2.29. The smallest absolute Gasteiger partial charge is 0.278 e. The molecule has 0 aliphatic rings. The minimum atomic E-state index is -0.406. The molecule has 0 bridgehead atoms. The first kappa shape index (κ1) is 18.1. The summed E-state index contributed by atoms with van der Waals surface area (Å²) in [6.07, 6.45) is 0. The highest BCUT2D eigenvalue weighted by Gasteiger charge is 2.19. The first-order valence-electron chi connectivity index (χ1n) is 8.75. The summed E-state index contributed by atoms with van der Waals surface area (Å²) in [7, 11) is 1.60. The van der Waals surface area contributed by atoms with E-state index in [-0.39, 0.29) is 17.3 Å². The second-order valence-electron chi connectivity index (χ2n) is 6.54. The zero-order chi connectivity index (χ0) is 19.8. The van der Waals surface area contributed by atoms with E-state index in [2.05, 4.69) is 15.4 Å². The molecule has 28 heavy (non-hydrogen) atoms. The van der Waals surface area contributed by atoms with Crippen molar-refractivity contribution in [3.05, 3.63) is 58.5 Å². The Morgan fingerprint density at radius 2 is 1.93 bits per heavy atom. The van der Waals surface area contributed by atoms with Gasteiger partial charge in [0.1, 0.15) is 5.75 Å². The van der Waals surface area contributed by atoms with E-state index in [4.69, 9.17) is 4.74 Å². The van der Waals surface area contributed by atoms with Gasteiger partial charge in [-0.15, -0.1) is 0 Å². The monoisotopic (exact) mass is 394 g/mol. The zero-order valence-corrected chi connectivity index (χ0v) is 16.4. The van der Waals surface area contributed by atoms with E-state index in [9.17, 15) is 9.59 Å². The average molecular weight is 394 g/mol. The van der Waals surface area contributed by atoms with Gasteiger partial charge in [0.05, 0.1) is 28.8 Å². The van der Waals surface area contributed by atoms with Gasteiger partial charge in [0, 0.05) is 5.39 Å². The normalized spacial score (nSPS) is 11.3. The molecule has 2 aromatic heterocycles. The Morgan fingerprint density at radius 1 is 1.18 bits per heavy atom. The Hall–Kier alpha value is -3.26. The maximum absolute atomic E-state index is 13.0. The number of fused-ring (bicyclic) bond motifs is 2. The largest absolute Gasteiger partial charge is 0.497 e. The van der Waals surface area contributed by atoms with E-state index < -0.39 is 5.91 Å². The molecule has 0 unspecified atom stereocenters. The average Bonchev–Trinajstić information content (AvgIpc) is 3.09. The van der Waals surface area contributed by atoms with E-state index in [0.29, 0.717) is 15.9 Å². The Morgan fingerprint density at radius 3 is 2.64 bits per heavy atom. The van der Waals surface area contributed by atoms with Crippen LogP contribution in [0.3, 0.4) is 0 Å². The summed E-state index contributed by atoms with van der Waals surface area (Å²) in [5.74, 6) is 0.322. The molecular formula is C20H18N4O3S. The van der Waals surface area contributed by atoms with Crippen molar-refractivity contribution in [1.29, 1.82) is 0 Å². The molecule has 0 radical (unpaired) electrons. The van der Waals surface area contributed by atoms with Gasteiger partial charge in [0.15, 0.2) is 10.8 Å². The maximum atomic E-state index is 13.0. The predicted molar refractivity (Wildman–Crippen MR) is 111 cm³/mol. The molecule has 0 aliphatic heterocycles. The molecule has 0 aliphatic carbocycles. The molecule has 142 valence electrons. The fraction of sp³-hybridized carbons (Fsp3) is 0.200. The van der Waals surface area contributed by atoms with Crippen LogP contribution in [0.5, 0.6) is 5.75 Å². The minimum absolute atomic E-state index is 0.168. The number of hydrogen-bond acceptors (Lipinski definition) is 6. The van der Waals surface area contributed by atoms with Crippen molar-refractivity contribution in [3.63, 3.8) is 0 Å². The molecule has 4 rings (SSSR count). The van der Waals surface area contributed by atoms with Gasteiger partial charge in [-0.2, -0.15) is 5.10 Å². The fourth-order valence-electron chi connectivity index (χ4n) is 2.97. The van der Waals surface area contributed by atoms with Crippen LogP contribution in [0.25, 0.3) is 21.0 Å². The second-order valence-corrected chi connectivity index (χ2v) is 7.58. The number of aromatic nitrogens is 3. The van der Waals surface area contributed by atoms with E-state index in [1.807, 2.05) is 32.0 Å². The van der Waals surface area contributed by atoms with Crippen molar-refractivity contribution in [2.45, 2.75) is 19.9 Å². The number of rotatable bonds is 4. The number of nitrogens with zero attached hydrogens (tertiary/aromatic N) is 3. The number of nitrogens with one attached hydrogen (secondary N) is 1. The van der Waals surface area contributed by atoms with E-state index in [0.717, 1.165) is 16.0 Å². The summed E-state index contributed by atoms with van der Waals surface area (Å²) < 4.78 is 7.46. The highest BCUT2D eigenvalue weighted by molar-refractivity contribution is 7.22. The lowest BCUT2D eigenvalue weighted by Crippen LogP contribution is -2.28. The third-order valence-corrected chi connectivity index (χ3v) is 5.28. The number of hydrogen-bond donors (Lipinski definition) is 1. The summed E-state index contributed by atoms with van der Waals surface area (Å²) in [6.45, 7) is 3.71. The Balaban J connectivity index is 1.77. The number of thiazole rings is 1. The quantitative estimate of drug-likeness (QED) is 0.568. The second kappa shape index (κ2) is 7.05. The Labute approximate surface area is 164 Å². The minimum Gasteiger partial charge on any atom is -0.497 e. The zero-order valence-electron chi connectivity index (χ0n) is 15.6. The molecule has 1 N–H and O–H groups in total. The van der Waals surface area contributed by atoms with Crippen LogP contribution in [-0.4, -0.2) is 27.8 Å². The summed E-state index contributed by atoms with van der Waals surface area (Å²) in [4.78, 5) is 30.0. The third kappa shape index (κ3) is 3.11. The summed E-state index contributed by atoms with van der Waals surface area (Å²) in [6, 6.07) is 12.4. The Bertz CT molecular complexity index is 1260. The van der Waals surface area contributed by atoms with Crippen molar-refractivity contribution in [2.75, 3.05) is 12.4 Å². The van der Waals surface area contributed by atoms with E-state index in [1.165, 1.54) is 16.0 Å². The van der Waals surface area contributed by atoms with Crippen molar-refractivity contribution < 1.29 is 9.53 Å². The van der Waals surface area contributed by atoms with Crippen LogP contribution in [-0.2, 0) is 0 Å². The number of carbonyl (C=O) groups is 1. The number of anilines is 1. The molecule has 0 saturated carbocycles. The van der Waals surface area contributed by atoms with Gasteiger partial charge in [-0.05, 0) is 38.1 Å². The standard InChI is InChI=1S/C20H18N4O3S/c1-11(2)24-19(26)14-7-5-4-6-13(14)17(23-24)18(25)22-20-21-15-9-8-12(27-3)10-16(15)28-20/h4-11H,1-3H3,(H,21,22,25). The van der Waals surface area contributed by atoms with Crippen molar-refractivity contribution in [3.8, 4) is 5.75 Å². The SMILES string of the molecule is COc1ccc2nc(NC(=O)c3nn(C(C)C)c(=O)c4ccccc34)sc2c1. The predicted octanol–water partition coefficient (Wildman–Crippen LogP) is 3.85. The summed E-state index contributed by atoms with van der Waals surface area (Å²) in [5, 5.41) is 8.58. The molecule has 0 atom stereocenters. The molecule has 0 fully saturated rings. The molecule has 0 spiro atoms. The van der Waals surface area contributed by atoms with Gasteiger partial charge >= 0.3 is 0 Å².